The Morgan fingerprint density at radius 3 is 1.03 bits per heavy atom. The first-order valence-corrected chi connectivity index (χ1v) is 21.1. The van der Waals surface area contributed by atoms with Crippen molar-refractivity contribution in [1.82, 2.24) is 0 Å². The van der Waals surface area contributed by atoms with Crippen LogP contribution in [0.1, 0.15) is 26.3 Å². The van der Waals surface area contributed by atoms with E-state index < -0.39 is 0 Å². The third-order valence-corrected chi connectivity index (χ3v) is 12.6. The lowest BCUT2D eigenvalue weighted by Gasteiger charge is -2.21. The van der Waals surface area contributed by atoms with Crippen molar-refractivity contribution in [1.29, 1.82) is 0 Å². The van der Waals surface area contributed by atoms with Gasteiger partial charge in [0.25, 0.3) is 0 Å². The van der Waals surface area contributed by atoms with Crippen molar-refractivity contribution in [3.05, 3.63) is 218 Å². The van der Waals surface area contributed by atoms with Gasteiger partial charge in [-0.1, -0.05) is 221 Å². The van der Waals surface area contributed by atoms with E-state index in [2.05, 4.69) is 233 Å². The zero-order valence-corrected chi connectivity index (χ0v) is 34.2. The average Bonchev–Trinajstić information content (AvgIpc) is 3.29. The zero-order chi connectivity index (χ0) is 40.4. The van der Waals surface area contributed by atoms with E-state index in [1.54, 1.807) is 0 Å². The van der Waals surface area contributed by atoms with Gasteiger partial charge in [-0.2, -0.15) is 0 Å². The minimum atomic E-state index is 0.0981. The number of rotatable bonds is 5. The summed E-state index contributed by atoms with van der Waals surface area (Å²) in [6.45, 7) is 6.84. The van der Waals surface area contributed by atoms with Crippen LogP contribution < -0.4 is 0 Å². The molecule has 0 heterocycles. The second-order valence-corrected chi connectivity index (χ2v) is 17.2. The third kappa shape index (κ3) is 5.90. The highest BCUT2D eigenvalue weighted by Crippen LogP contribution is 2.48. The van der Waals surface area contributed by atoms with Crippen molar-refractivity contribution in [2.45, 2.75) is 26.2 Å². The molecule has 0 nitrogen and oxygen atoms in total. The van der Waals surface area contributed by atoms with E-state index >= 15 is 0 Å². The summed E-state index contributed by atoms with van der Waals surface area (Å²) in [6.07, 6.45) is 0. The second-order valence-electron chi connectivity index (χ2n) is 17.2. The molecular weight excluding hydrogens is 721 g/mol. The molecule has 11 aromatic carbocycles. The number of hydrogen-bond donors (Lipinski definition) is 0. The van der Waals surface area contributed by atoms with Gasteiger partial charge in [0.2, 0.25) is 0 Å². The van der Waals surface area contributed by atoms with Crippen molar-refractivity contribution >= 4 is 53.9 Å². The van der Waals surface area contributed by atoms with Gasteiger partial charge in [-0.3, -0.25) is 0 Å². The van der Waals surface area contributed by atoms with Crippen molar-refractivity contribution in [2.75, 3.05) is 0 Å². The van der Waals surface area contributed by atoms with E-state index in [0.29, 0.717) is 0 Å². The predicted octanol–water partition coefficient (Wildman–Crippen LogP) is 17.1. The fourth-order valence-electron chi connectivity index (χ4n) is 9.75. The Hall–Kier alpha value is -7.28. The lowest BCUT2D eigenvalue weighted by atomic mass is 9.83. The normalized spacial score (nSPS) is 11.9. The minimum absolute atomic E-state index is 0.0981. The summed E-state index contributed by atoms with van der Waals surface area (Å²) >= 11 is 0. The molecule has 0 aliphatic heterocycles. The average molecular weight is 765 g/mol. The molecule has 0 saturated heterocycles. The lowest BCUT2D eigenvalue weighted by molar-refractivity contribution is 0.590. The smallest absolute Gasteiger partial charge is 0.00201 e. The predicted molar refractivity (Wildman–Crippen MR) is 260 cm³/mol. The highest BCUT2D eigenvalue weighted by Gasteiger charge is 2.21. The molecule has 0 unspecified atom stereocenters. The molecular formula is C60H44. The molecule has 11 rings (SSSR count). The summed E-state index contributed by atoms with van der Waals surface area (Å²) in [7, 11) is 0. The molecule has 0 radical (unpaired) electrons. The van der Waals surface area contributed by atoms with Crippen molar-refractivity contribution in [3.8, 4) is 55.6 Å². The van der Waals surface area contributed by atoms with Crippen LogP contribution >= 0.6 is 0 Å². The fourth-order valence-corrected chi connectivity index (χ4v) is 9.75. The van der Waals surface area contributed by atoms with Crippen LogP contribution in [0.3, 0.4) is 0 Å². The maximum absolute atomic E-state index is 2.42. The summed E-state index contributed by atoms with van der Waals surface area (Å²) in [5, 5.41) is 12.6. The monoisotopic (exact) mass is 764 g/mol. The Morgan fingerprint density at radius 1 is 0.250 bits per heavy atom. The van der Waals surface area contributed by atoms with Gasteiger partial charge in [-0.15, -0.1) is 0 Å². The summed E-state index contributed by atoms with van der Waals surface area (Å²) in [6, 6.07) is 78.9. The van der Waals surface area contributed by atoms with Crippen LogP contribution in [0.5, 0.6) is 0 Å². The Morgan fingerprint density at radius 2 is 0.600 bits per heavy atom. The first kappa shape index (κ1) is 35.8. The quantitative estimate of drug-likeness (QED) is 0.153. The topological polar surface area (TPSA) is 0 Å². The van der Waals surface area contributed by atoms with Crippen LogP contribution in [-0.4, -0.2) is 0 Å². The van der Waals surface area contributed by atoms with Gasteiger partial charge in [-0.05, 0) is 133 Å². The first-order chi connectivity index (χ1) is 29.4. The molecule has 11 aromatic rings. The SMILES string of the molecule is CC(C)(C)c1ccc(-c2c3ccccc3c(-c3ccc4ccc(-c5c6ccccc6c(-c6ccccc6-c6ccccc6)c6ccccc56)cc4c3)c3ccccc23)cc1. The maximum atomic E-state index is 2.42. The molecule has 0 aliphatic rings. The van der Waals surface area contributed by atoms with Crippen molar-refractivity contribution in [3.63, 3.8) is 0 Å². The van der Waals surface area contributed by atoms with Gasteiger partial charge >= 0.3 is 0 Å². The van der Waals surface area contributed by atoms with Gasteiger partial charge in [0, 0.05) is 0 Å². The van der Waals surface area contributed by atoms with Gasteiger partial charge in [-0.25, -0.2) is 0 Å². The van der Waals surface area contributed by atoms with E-state index in [-0.39, 0.29) is 5.41 Å². The Balaban J connectivity index is 1.12. The van der Waals surface area contributed by atoms with Gasteiger partial charge in [0.15, 0.2) is 0 Å². The van der Waals surface area contributed by atoms with E-state index in [1.165, 1.54) is 115 Å². The number of benzene rings is 11. The third-order valence-electron chi connectivity index (χ3n) is 12.6. The molecule has 284 valence electrons. The zero-order valence-electron chi connectivity index (χ0n) is 34.2. The molecule has 0 heteroatoms. The van der Waals surface area contributed by atoms with E-state index in [0.717, 1.165) is 0 Å². The minimum Gasteiger partial charge on any atom is -0.0622 e. The van der Waals surface area contributed by atoms with Gasteiger partial charge in [0.1, 0.15) is 0 Å². The molecule has 60 heavy (non-hydrogen) atoms. The molecule has 0 saturated carbocycles. The molecule has 0 fully saturated rings. The highest BCUT2D eigenvalue weighted by molar-refractivity contribution is 6.24. The molecule has 0 atom stereocenters. The van der Waals surface area contributed by atoms with Crippen LogP contribution in [0.4, 0.5) is 0 Å². The molecule has 0 amide bonds. The summed E-state index contributed by atoms with van der Waals surface area (Å²) in [5.74, 6) is 0. The largest absolute Gasteiger partial charge is 0.0622 e. The Kier molecular flexibility index (Phi) is 8.50. The summed E-state index contributed by atoms with van der Waals surface area (Å²) < 4.78 is 0. The second kappa shape index (κ2) is 14.2. The Bertz CT molecular complexity index is 3320. The first-order valence-electron chi connectivity index (χ1n) is 21.1. The van der Waals surface area contributed by atoms with Crippen LogP contribution in [0.15, 0.2) is 212 Å². The molecule has 0 aliphatic carbocycles. The van der Waals surface area contributed by atoms with Crippen molar-refractivity contribution < 1.29 is 0 Å². The van der Waals surface area contributed by atoms with Crippen LogP contribution in [-0.2, 0) is 5.41 Å². The van der Waals surface area contributed by atoms with Crippen LogP contribution in [0.2, 0.25) is 0 Å². The van der Waals surface area contributed by atoms with Gasteiger partial charge < -0.3 is 0 Å². The summed E-state index contributed by atoms with van der Waals surface area (Å²) in [4.78, 5) is 0. The maximum Gasteiger partial charge on any atom is -0.00201 e. The van der Waals surface area contributed by atoms with E-state index in [4.69, 9.17) is 0 Å². The molecule has 0 aromatic heterocycles. The standard InChI is InChI=1S/C60H44/c1-60(2,3)45-35-33-41(34-36-45)56-48-21-9-11-23-50(48)57(51-24-12-10-22-49(51)56)42-31-29-39-30-32-43(38-44(39)37-42)58-52-25-13-15-27-54(52)59(55-28-16-14-26-53(55)58)47-20-8-7-19-46(47)40-17-5-4-6-18-40/h4-38H,1-3H3. The van der Waals surface area contributed by atoms with Crippen molar-refractivity contribution in [2.24, 2.45) is 0 Å². The highest BCUT2D eigenvalue weighted by atomic mass is 14.2. The van der Waals surface area contributed by atoms with Crippen LogP contribution in [0.25, 0.3) is 109 Å². The molecule has 0 spiro atoms. The van der Waals surface area contributed by atoms with E-state index in [9.17, 15) is 0 Å². The summed E-state index contributed by atoms with van der Waals surface area (Å²) in [5.41, 5.74) is 14.0. The lowest BCUT2D eigenvalue weighted by Crippen LogP contribution is -2.10. The van der Waals surface area contributed by atoms with Crippen LogP contribution in [0, 0.1) is 0 Å². The fraction of sp³-hybridized carbons (Fsp3) is 0.0667. The molecule has 0 bridgehead atoms. The Labute approximate surface area is 352 Å². The molecule has 0 N–H and O–H groups in total. The number of fused-ring (bicyclic) bond motifs is 5. The van der Waals surface area contributed by atoms with Gasteiger partial charge in [0.05, 0.1) is 0 Å². The number of hydrogen-bond acceptors (Lipinski definition) is 0. The van der Waals surface area contributed by atoms with E-state index in [1.807, 2.05) is 0 Å².